The number of fused-ring (bicyclic) bond motifs is 3. The average molecular weight is 378 g/mol. The van der Waals surface area contributed by atoms with Gasteiger partial charge in [0.2, 0.25) is 0 Å². The molecule has 1 aliphatic rings. The highest BCUT2D eigenvalue weighted by Gasteiger charge is 2.46. The van der Waals surface area contributed by atoms with Crippen molar-refractivity contribution in [3.8, 4) is 17.2 Å². The third-order valence-corrected chi connectivity index (χ3v) is 5.89. The van der Waals surface area contributed by atoms with Gasteiger partial charge in [-0.2, -0.15) is 5.26 Å². The molecular formula is C26H16ClN. The number of hydrogen-bond donors (Lipinski definition) is 0. The molecule has 0 saturated heterocycles. The van der Waals surface area contributed by atoms with E-state index < -0.39 is 5.41 Å². The molecule has 0 spiro atoms. The second-order valence-corrected chi connectivity index (χ2v) is 7.45. The minimum Gasteiger partial charge on any atom is -0.192 e. The Morgan fingerprint density at radius 1 is 0.679 bits per heavy atom. The van der Waals surface area contributed by atoms with Crippen LogP contribution in [0.2, 0.25) is 5.02 Å². The van der Waals surface area contributed by atoms with Gasteiger partial charge in [-0.3, -0.25) is 0 Å². The van der Waals surface area contributed by atoms with E-state index in [9.17, 15) is 5.26 Å². The van der Waals surface area contributed by atoms with Gasteiger partial charge in [0.1, 0.15) is 0 Å². The average Bonchev–Trinajstić information content (AvgIpc) is 3.05. The summed E-state index contributed by atoms with van der Waals surface area (Å²) in [5.41, 5.74) is 6.84. The lowest BCUT2D eigenvalue weighted by Crippen LogP contribution is -2.28. The summed E-state index contributed by atoms with van der Waals surface area (Å²) in [6.07, 6.45) is 0. The molecule has 0 fully saturated rings. The molecule has 4 aromatic rings. The fourth-order valence-electron chi connectivity index (χ4n) is 4.60. The van der Waals surface area contributed by atoms with Gasteiger partial charge in [-0.25, -0.2) is 0 Å². The summed E-state index contributed by atoms with van der Waals surface area (Å²) < 4.78 is 0. The van der Waals surface area contributed by atoms with Crippen LogP contribution in [-0.2, 0) is 5.41 Å². The Balaban J connectivity index is 2.02. The van der Waals surface area contributed by atoms with Crippen LogP contribution in [0.1, 0.15) is 27.8 Å². The number of rotatable bonds is 2. The zero-order valence-electron chi connectivity index (χ0n) is 15.1. The van der Waals surface area contributed by atoms with Crippen molar-refractivity contribution < 1.29 is 0 Å². The van der Waals surface area contributed by atoms with Crippen LogP contribution < -0.4 is 0 Å². The first-order chi connectivity index (χ1) is 13.8. The van der Waals surface area contributed by atoms with Gasteiger partial charge in [0, 0.05) is 10.6 Å². The van der Waals surface area contributed by atoms with Crippen molar-refractivity contribution in [3.63, 3.8) is 0 Å². The van der Waals surface area contributed by atoms with Gasteiger partial charge in [0.25, 0.3) is 0 Å². The number of halogens is 1. The van der Waals surface area contributed by atoms with E-state index in [1.54, 1.807) is 0 Å². The fraction of sp³-hybridized carbons (Fsp3) is 0.0385. The molecule has 2 heteroatoms. The Hall–Kier alpha value is -3.34. The zero-order chi connectivity index (χ0) is 19.1. The lowest BCUT2D eigenvalue weighted by atomic mass is 9.67. The standard InChI is InChI=1S/C26H16ClN/c27-21-14-15-22-24(16-21)26(19-9-3-1-4-10-19,20-11-5-2-6-12-20)23-13-7-8-18(17-28)25(22)23/h1-16H. The van der Waals surface area contributed by atoms with Crippen molar-refractivity contribution in [2.45, 2.75) is 5.41 Å². The van der Waals surface area contributed by atoms with Crippen LogP contribution in [0.3, 0.4) is 0 Å². The first-order valence-corrected chi connectivity index (χ1v) is 9.59. The van der Waals surface area contributed by atoms with E-state index in [0.29, 0.717) is 10.6 Å². The van der Waals surface area contributed by atoms with Gasteiger partial charge < -0.3 is 0 Å². The van der Waals surface area contributed by atoms with Crippen LogP contribution in [0, 0.1) is 11.3 Å². The van der Waals surface area contributed by atoms with Crippen LogP contribution in [-0.4, -0.2) is 0 Å². The van der Waals surface area contributed by atoms with Gasteiger partial charge in [-0.05, 0) is 46.0 Å². The molecule has 0 N–H and O–H groups in total. The molecule has 0 atom stereocenters. The topological polar surface area (TPSA) is 23.8 Å². The Kier molecular flexibility index (Phi) is 3.83. The fourth-order valence-corrected chi connectivity index (χ4v) is 4.78. The van der Waals surface area contributed by atoms with Crippen LogP contribution in [0.25, 0.3) is 11.1 Å². The highest BCUT2D eigenvalue weighted by atomic mass is 35.5. The smallest absolute Gasteiger partial charge is 0.0998 e. The van der Waals surface area contributed by atoms with Crippen molar-refractivity contribution in [2.24, 2.45) is 0 Å². The van der Waals surface area contributed by atoms with Crippen molar-refractivity contribution in [1.82, 2.24) is 0 Å². The summed E-state index contributed by atoms with van der Waals surface area (Å²) in [6, 6.07) is 35.4. The summed E-state index contributed by atoms with van der Waals surface area (Å²) in [5.74, 6) is 0. The lowest BCUT2D eigenvalue weighted by molar-refractivity contribution is 0.768. The molecule has 0 amide bonds. The minimum atomic E-state index is -0.509. The molecule has 1 nitrogen and oxygen atoms in total. The summed E-state index contributed by atoms with van der Waals surface area (Å²) in [4.78, 5) is 0. The molecule has 28 heavy (non-hydrogen) atoms. The third-order valence-electron chi connectivity index (χ3n) is 5.66. The van der Waals surface area contributed by atoms with E-state index in [2.05, 4.69) is 66.7 Å². The molecule has 0 bridgehead atoms. The summed E-state index contributed by atoms with van der Waals surface area (Å²) in [7, 11) is 0. The Bertz CT molecular complexity index is 1180. The molecule has 0 heterocycles. The molecule has 0 saturated carbocycles. The van der Waals surface area contributed by atoms with Crippen LogP contribution in [0.4, 0.5) is 0 Å². The molecule has 0 radical (unpaired) electrons. The van der Waals surface area contributed by atoms with Crippen molar-refractivity contribution in [3.05, 3.63) is 130 Å². The number of benzene rings is 4. The van der Waals surface area contributed by atoms with E-state index >= 15 is 0 Å². The molecule has 0 unspecified atom stereocenters. The van der Waals surface area contributed by atoms with E-state index in [4.69, 9.17) is 11.6 Å². The summed E-state index contributed by atoms with van der Waals surface area (Å²) in [5, 5.41) is 10.5. The second kappa shape index (κ2) is 6.37. The molecule has 132 valence electrons. The highest BCUT2D eigenvalue weighted by molar-refractivity contribution is 6.30. The van der Waals surface area contributed by atoms with Gasteiger partial charge >= 0.3 is 0 Å². The minimum absolute atomic E-state index is 0.509. The van der Waals surface area contributed by atoms with Crippen LogP contribution in [0.5, 0.6) is 0 Å². The van der Waals surface area contributed by atoms with Crippen molar-refractivity contribution >= 4 is 11.6 Å². The van der Waals surface area contributed by atoms with Crippen molar-refractivity contribution in [2.75, 3.05) is 0 Å². The summed E-state index contributed by atoms with van der Waals surface area (Å²) >= 11 is 6.48. The van der Waals surface area contributed by atoms with Gasteiger partial charge in [0.15, 0.2) is 0 Å². The quantitative estimate of drug-likeness (QED) is 0.341. The SMILES string of the molecule is N#Cc1cccc2c1-c1ccc(Cl)cc1C2(c1ccccc1)c1ccccc1. The molecular weight excluding hydrogens is 362 g/mol. The maximum absolute atomic E-state index is 9.82. The number of nitrogens with zero attached hydrogens (tertiary/aromatic N) is 1. The largest absolute Gasteiger partial charge is 0.192 e. The molecule has 0 aliphatic heterocycles. The first kappa shape index (κ1) is 16.8. The predicted molar refractivity (Wildman–Crippen MR) is 113 cm³/mol. The number of nitriles is 1. The van der Waals surface area contributed by atoms with E-state index in [0.717, 1.165) is 22.3 Å². The predicted octanol–water partition coefficient (Wildman–Crippen LogP) is 6.57. The molecule has 4 aromatic carbocycles. The van der Waals surface area contributed by atoms with E-state index in [1.165, 1.54) is 11.1 Å². The molecule has 1 aliphatic carbocycles. The lowest BCUT2D eigenvalue weighted by Gasteiger charge is -2.33. The Morgan fingerprint density at radius 2 is 1.32 bits per heavy atom. The zero-order valence-corrected chi connectivity index (χ0v) is 15.8. The normalized spacial score (nSPS) is 13.4. The second-order valence-electron chi connectivity index (χ2n) is 7.01. The van der Waals surface area contributed by atoms with E-state index in [1.807, 2.05) is 36.4 Å². The van der Waals surface area contributed by atoms with E-state index in [-0.39, 0.29) is 0 Å². The Labute approximate surface area is 169 Å². The van der Waals surface area contributed by atoms with Gasteiger partial charge in [-0.1, -0.05) is 90.5 Å². The number of hydrogen-bond acceptors (Lipinski definition) is 1. The molecule has 5 rings (SSSR count). The molecule has 0 aromatic heterocycles. The highest BCUT2D eigenvalue weighted by Crippen LogP contribution is 2.57. The maximum Gasteiger partial charge on any atom is 0.0998 e. The monoisotopic (exact) mass is 377 g/mol. The van der Waals surface area contributed by atoms with Crippen molar-refractivity contribution in [1.29, 1.82) is 5.26 Å². The summed E-state index contributed by atoms with van der Waals surface area (Å²) in [6.45, 7) is 0. The van der Waals surface area contributed by atoms with Gasteiger partial charge in [0.05, 0.1) is 17.0 Å². The van der Waals surface area contributed by atoms with Crippen LogP contribution >= 0.6 is 11.6 Å². The third kappa shape index (κ3) is 2.19. The van der Waals surface area contributed by atoms with Crippen LogP contribution in [0.15, 0.2) is 97.1 Å². The maximum atomic E-state index is 9.82. The first-order valence-electron chi connectivity index (χ1n) is 9.22. The van der Waals surface area contributed by atoms with Gasteiger partial charge in [-0.15, -0.1) is 0 Å². The Morgan fingerprint density at radius 3 is 1.93 bits per heavy atom.